The fourth-order valence-corrected chi connectivity index (χ4v) is 4.06. The molecule has 2 aliphatic rings. The summed E-state index contributed by atoms with van der Waals surface area (Å²) in [6.45, 7) is 5.60. The number of likely N-dealkylation sites (tertiary alicyclic amines) is 1. The Balaban J connectivity index is 1.35. The van der Waals surface area contributed by atoms with E-state index < -0.39 is 0 Å². The number of aryl methyl sites for hydroxylation is 2. The number of hydrogen-bond acceptors (Lipinski definition) is 3. The predicted octanol–water partition coefficient (Wildman–Crippen LogP) is 2.85. The van der Waals surface area contributed by atoms with Gasteiger partial charge in [-0.25, -0.2) is 9.97 Å². The zero-order valence-electron chi connectivity index (χ0n) is 15.7. The summed E-state index contributed by atoms with van der Waals surface area (Å²) < 4.78 is 4.43. The minimum absolute atomic E-state index is 0.255. The molecule has 0 unspecified atom stereocenters. The molecule has 0 N–H and O–H groups in total. The Morgan fingerprint density at radius 3 is 2.77 bits per heavy atom. The van der Waals surface area contributed by atoms with Crippen LogP contribution in [0.25, 0.3) is 0 Å². The maximum absolute atomic E-state index is 12.7. The van der Waals surface area contributed by atoms with E-state index in [2.05, 4.69) is 32.2 Å². The first-order valence-corrected chi connectivity index (χ1v) is 10.0. The average molecular weight is 355 g/mol. The van der Waals surface area contributed by atoms with Crippen molar-refractivity contribution in [3.8, 4) is 0 Å². The van der Waals surface area contributed by atoms with Gasteiger partial charge < -0.3 is 14.0 Å². The molecule has 1 aliphatic heterocycles. The summed E-state index contributed by atoms with van der Waals surface area (Å²) in [6.07, 6.45) is 14.2. The second kappa shape index (κ2) is 7.64. The molecule has 3 heterocycles. The molecular formula is C20H29N5O. The first-order valence-electron chi connectivity index (χ1n) is 10.0. The molecule has 0 spiro atoms. The summed E-state index contributed by atoms with van der Waals surface area (Å²) in [4.78, 5) is 23.8. The molecule has 1 atom stereocenters. The van der Waals surface area contributed by atoms with Crippen molar-refractivity contribution in [2.75, 3.05) is 13.1 Å². The van der Waals surface area contributed by atoms with E-state index in [0.29, 0.717) is 12.3 Å². The molecule has 26 heavy (non-hydrogen) atoms. The Morgan fingerprint density at radius 1 is 1.15 bits per heavy atom. The molecule has 140 valence electrons. The van der Waals surface area contributed by atoms with Crippen molar-refractivity contribution in [1.29, 1.82) is 0 Å². The van der Waals surface area contributed by atoms with Crippen LogP contribution >= 0.6 is 0 Å². The number of rotatable bonds is 7. The van der Waals surface area contributed by atoms with Gasteiger partial charge in [0.25, 0.3) is 0 Å². The van der Waals surface area contributed by atoms with Gasteiger partial charge >= 0.3 is 0 Å². The number of carbonyl (C=O) groups is 1. The Morgan fingerprint density at radius 2 is 1.96 bits per heavy atom. The van der Waals surface area contributed by atoms with Crippen LogP contribution in [0.15, 0.2) is 24.8 Å². The molecule has 1 saturated heterocycles. The number of imidazole rings is 2. The smallest absolute Gasteiger partial charge is 0.224 e. The van der Waals surface area contributed by atoms with Crippen molar-refractivity contribution in [2.45, 2.75) is 64.5 Å². The molecule has 2 fully saturated rings. The zero-order valence-corrected chi connectivity index (χ0v) is 15.7. The van der Waals surface area contributed by atoms with Crippen LogP contribution in [0.4, 0.5) is 0 Å². The van der Waals surface area contributed by atoms with Crippen molar-refractivity contribution in [2.24, 2.45) is 5.92 Å². The number of hydrogen-bond donors (Lipinski definition) is 0. The lowest BCUT2D eigenvalue weighted by Crippen LogP contribution is -2.40. The lowest BCUT2D eigenvalue weighted by molar-refractivity contribution is -0.132. The van der Waals surface area contributed by atoms with Crippen LogP contribution in [-0.4, -0.2) is 43.0 Å². The van der Waals surface area contributed by atoms with E-state index in [0.717, 1.165) is 57.2 Å². The normalized spacial score (nSPS) is 20.5. The molecule has 1 saturated carbocycles. The van der Waals surface area contributed by atoms with Crippen LogP contribution in [0.5, 0.6) is 0 Å². The van der Waals surface area contributed by atoms with E-state index >= 15 is 0 Å². The van der Waals surface area contributed by atoms with Crippen molar-refractivity contribution in [3.63, 3.8) is 0 Å². The highest BCUT2D eigenvalue weighted by Crippen LogP contribution is 2.33. The first-order chi connectivity index (χ1) is 12.7. The maximum Gasteiger partial charge on any atom is 0.224 e. The molecule has 1 amide bonds. The Labute approximate surface area is 155 Å². The number of nitrogens with zero attached hydrogens (tertiary/aromatic N) is 5. The SMILES string of the molecule is CCc1nccn1CCC(=O)N1CCC[C@@H](c2nccn2CC2CC2)C1. The monoisotopic (exact) mass is 355 g/mol. The van der Waals surface area contributed by atoms with Gasteiger partial charge in [0, 0.05) is 69.7 Å². The van der Waals surface area contributed by atoms with Crippen LogP contribution in [0.1, 0.15) is 56.6 Å². The van der Waals surface area contributed by atoms with Gasteiger partial charge in [-0.2, -0.15) is 0 Å². The topological polar surface area (TPSA) is 56.0 Å². The van der Waals surface area contributed by atoms with Gasteiger partial charge in [-0.1, -0.05) is 6.92 Å². The van der Waals surface area contributed by atoms with E-state index in [1.54, 1.807) is 0 Å². The van der Waals surface area contributed by atoms with Crippen molar-refractivity contribution in [1.82, 2.24) is 24.0 Å². The highest BCUT2D eigenvalue weighted by molar-refractivity contribution is 5.76. The van der Waals surface area contributed by atoms with Crippen LogP contribution in [0.2, 0.25) is 0 Å². The lowest BCUT2D eigenvalue weighted by Gasteiger charge is -2.33. The number of amides is 1. The lowest BCUT2D eigenvalue weighted by atomic mass is 9.96. The number of carbonyl (C=O) groups excluding carboxylic acids is 1. The minimum Gasteiger partial charge on any atom is -0.342 e. The van der Waals surface area contributed by atoms with Crippen molar-refractivity contribution < 1.29 is 4.79 Å². The third-order valence-electron chi connectivity index (χ3n) is 5.72. The van der Waals surface area contributed by atoms with E-state index in [1.807, 2.05) is 23.5 Å². The van der Waals surface area contributed by atoms with Crippen molar-refractivity contribution in [3.05, 3.63) is 36.4 Å². The summed E-state index contributed by atoms with van der Waals surface area (Å²) in [6, 6.07) is 0. The second-order valence-electron chi connectivity index (χ2n) is 7.70. The largest absolute Gasteiger partial charge is 0.342 e. The molecule has 6 heteroatoms. The molecule has 1 aliphatic carbocycles. The summed E-state index contributed by atoms with van der Waals surface area (Å²) in [5.74, 6) is 3.70. The highest BCUT2D eigenvalue weighted by atomic mass is 16.2. The second-order valence-corrected chi connectivity index (χ2v) is 7.70. The molecule has 2 aromatic rings. The average Bonchev–Trinajstić information content (AvgIpc) is 3.18. The summed E-state index contributed by atoms with van der Waals surface area (Å²) >= 11 is 0. The van der Waals surface area contributed by atoms with Gasteiger partial charge in [0.15, 0.2) is 0 Å². The van der Waals surface area contributed by atoms with Gasteiger partial charge in [-0.15, -0.1) is 0 Å². The van der Waals surface area contributed by atoms with Gasteiger partial charge in [0.05, 0.1) is 0 Å². The Bertz CT molecular complexity index is 745. The predicted molar refractivity (Wildman–Crippen MR) is 99.7 cm³/mol. The molecule has 0 radical (unpaired) electrons. The van der Waals surface area contributed by atoms with Crippen LogP contribution in [-0.2, 0) is 24.3 Å². The van der Waals surface area contributed by atoms with Crippen LogP contribution in [0, 0.1) is 5.92 Å². The first kappa shape index (κ1) is 17.3. The third-order valence-corrected chi connectivity index (χ3v) is 5.72. The van der Waals surface area contributed by atoms with E-state index in [4.69, 9.17) is 0 Å². The molecular weight excluding hydrogens is 326 g/mol. The van der Waals surface area contributed by atoms with Crippen molar-refractivity contribution >= 4 is 5.91 Å². The molecule has 0 bridgehead atoms. The minimum atomic E-state index is 0.255. The summed E-state index contributed by atoms with van der Waals surface area (Å²) in [5, 5.41) is 0. The van der Waals surface area contributed by atoms with Gasteiger partial charge in [0.2, 0.25) is 5.91 Å². The summed E-state index contributed by atoms with van der Waals surface area (Å²) in [7, 11) is 0. The quantitative estimate of drug-likeness (QED) is 0.767. The number of piperidine rings is 1. The third kappa shape index (κ3) is 3.84. The standard InChI is InChI=1S/C20H29N5O/c1-2-18-21-8-12-23(18)11-7-19(26)24-10-3-4-17(15-24)20-22-9-13-25(20)14-16-5-6-16/h8-9,12-13,16-17H,2-7,10-11,14-15H2,1H3/t17-/m1/s1. The van der Waals surface area contributed by atoms with Crippen LogP contribution in [0.3, 0.4) is 0 Å². The fourth-order valence-electron chi connectivity index (χ4n) is 4.06. The summed E-state index contributed by atoms with van der Waals surface area (Å²) in [5.41, 5.74) is 0. The van der Waals surface area contributed by atoms with E-state index in [-0.39, 0.29) is 5.91 Å². The van der Waals surface area contributed by atoms with Gasteiger partial charge in [-0.05, 0) is 31.6 Å². The molecule has 6 nitrogen and oxygen atoms in total. The fraction of sp³-hybridized carbons (Fsp3) is 0.650. The zero-order chi connectivity index (χ0) is 17.9. The van der Waals surface area contributed by atoms with E-state index in [9.17, 15) is 4.79 Å². The highest BCUT2D eigenvalue weighted by Gasteiger charge is 2.29. The van der Waals surface area contributed by atoms with Crippen LogP contribution < -0.4 is 0 Å². The van der Waals surface area contributed by atoms with Gasteiger partial charge in [0.1, 0.15) is 11.6 Å². The maximum atomic E-state index is 12.7. The molecule has 4 rings (SSSR count). The molecule has 0 aromatic carbocycles. The number of aromatic nitrogens is 4. The Hall–Kier alpha value is -2.11. The molecule has 2 aromatic heterocycles. The van der Waals surface area contributed by atoms with Gasteiger partial charge in [-0.3, -0.25) is 4.79 Å². The Kier molecular flexibility index (Phi) is 5.09. The van der Waals surface area contributed by atoms with E-state index in [1.165, 1.54) is 18.7 Å².